The normalized spacial score (nSPS) is 15.8. The van der Waals surface area contributed by atoms with Crippen LogP contribution in [0.5, 0.6) is 0 Å². The van der Waals surface area contributed by atoms with Gasteiger partial charge in [0.05, 0.1) is 18.9 Å². The molecule has 0 aliphatic carbocycles. The second-order valence-corrected chi connectivity index (χ2v) is 16.6. The molecule has 0 aromatic carbocycles. The number of nitrogens with zero attached hydrogens (tertiary/aromatic N) is 1. The van der Waals surface area contributed by atoms with E-state index in [1.54, 1.807) is 0 Å². The minimum absolute atomic E-state index is 0.0375. The molecule has 0 bridgehead atoms. The van der Waals surface area contributed by atoms with E-state index in [4.69, 9.17) is 23.7 Å². The van der Waals surface area contributed by atoms with Crippen molar-refractivity contribution in [2.24, 2.45) is 11.8 Å². The Labute approximate surface area is 354 Å². The molecule has 58 heavy (non-hydrogen) atoms. The average Bonchev–Trinajstić information content (AvgIpc) is 3.62. The smallest absolute Gasteiger partial charge is 0.481 e. The van der Waals surface area contributed by atoms with Gasteiger partial charge >= 0.3 is 18.1 Å². The van der Waals surface area contributed by atoms with Gasteiger partial charge in [-0.1, -0.05) is 141 Å². The lowest BCUT2D eigenvalue weighted by molar-refractivity contribution is -0.160. The molecular weight excluding hydrogens is 735 g/mol. The highest BCUT2D eigenvalue weighted by Gasteiger charge is 2.27. The third kappa shape index (κ3) is 32.4. The molecule has 0 aromatic rings. The minimum atomic E-state index is -0.883. The van der Waals surface area contributed by atoms with E-state index in [0.717, 1.165) is 83.6 Å². The molecule has 0 aromatic heterocycles. The summed E-state index contributed by atoms with van der Waals surface area (Å²) in [5, 5.41) is 10.1. The van der Waals surface area contributed by atoms with E-state index in [1.807, 2.05) is 7.05 Å². The quantitative estimate of drug-likeness (QED) is 0.0277. The Bertz CT molecular complexity index is 1030. The van der Waals surface area contributed by atoms with Crippen LogP contribution in [0.1, 0.15) is 194 Å². The fourth-order valence-electron chi connectivity index (χ4n) is 7.23. The van der Waals surface area contributed by atoms with E-state index < -0.39 is 36.2 Å². The molecule has 1 fully saturated rings. The van der Waals surface area contributed by atoms with Gasteiger partial charge in [-0.15, -0.1) is 0 Å². The van der Waals surface area contributed by atoms with Crippen LogP contribution in [-0.4, -0.2) is 87.1 Å². The van der Waals surface area contributed by atoms with Gasteiger partial charge < -0.3 is 33.7 Å². The number of esters is 1. The van der Waals surface area contributed by atoms with Gasteiger partial charge in [0.1, 0.15) is 12.7 Å². The van der Waals surface area contributed by atoms with Crippen molar-refractivity contribution in [1.82, 2.24) is 4.90 Å². The van der Waals surface area contributed by atoms with Crippen LogP contribution in [0, 0.1) is 11.8 Å². The standard InChI is InChI=1S/C48H87NO9/c1-5-8-11-14-17-18-19-20-21-22-23-24-25-28-31-43(47(51)52)38-42(41-57-48(53)58-44-34-35-49(4)39-44)40-56-45(50)32-33-46(54-36-29-26-15-12-9-6-2)55-37-30-27-16-13-10-7-3/h17-18,20-21,42-44,46H,5-16,19,22-41H2,1-4H3,(H,51,52)/b18-17-,21-20-. The molecule has 1 heterocycles. The van der Waals surface area contributed by atoms with Crippen LogP contribution in [0.15, 0.2) is 24.3 Å². The molecule has 0 saturated carbocycles. The van der Waals surface area contributed by atoms with Gasteiger partial charge in [-0.25, -0.2) is 4.79 Å². The third-order valence-corrected chi connectivity index (χ3v) is 10.9. The van der Waals surface area contributed by atoms with Gasteiger partial charge in [0.15, 0.2) is 6.29 Å². The maximum Gasteiger partial charge on any atom is 0.508 e. The van der Waals surface area contributed by atoms with Crippen molar-refractivity contribution in [1.29, 1.82) is 0 Å². The van der Waals surface area contributed by atoms with Gasteiger partial charge in [0.25, 0.3) is 0 Å². The lowest BCUT2D eigenvalue weighted by atomic mass is 9.90. The third-order valence-electron chi connectivity index (χ3n) is 10.9. The maximum atomic E-state index is 13.0. The predicted molar refractivity (Wildman–Crippen MR) is 235 cm³/mol. The second-order valence-electron chi connectivity index (χ2n) is 16.6. The molecule has 1 rings (SSSR count). The second kappa shape index (κ2) is 38.8. The predicted octanol–water partition coefficient (Wildman–Crippen LogP) is 12.4. The van der Waals surface area contributed by atoms with E-state index in [9.17, 15) is 19.5 Å². The van der Waals surface area contributed by atoms with Crippen molar-refractivity contribution in [2.45, 2.75) is 207 Å². The molecule has 0 amide bonds. The summed E-state index contributed by atoms with van der Waals surface area (Å²) in [7, 11) is 1.98. The lowest BCUT2D eigenvalue weighted by Crippen LogP contribution is -2.28. The zero-order valence-corrected chi connectivity index (χ0v) is 37.6. The zero-order chi connectivity index (χ0) is 42.3. The number of carbonyl (C=O) groups is 3. The number of carboxylic acid groups (broad SMARTS) is 1. The van der Waals surface area contributed by atoms with Crippen LogP contribution < -0.4 is 0 Å². The number of aliphatic carboxylic acids is 1. The van der Waals surface area contributed by atoms with Crippen molar-refractivity contribution in [3.8, 4) is 0 Å². The summed E-state index contributed by atoms with van der Waals surface area (Å²) < 4.78 is 28.9. The number of hydrogen-bond acceptors (Lipinski definition) is 9. The molecule has 0 spiro atoms. The SMILES string of the molecule is CCCCC/C=C\C/C=C\CCCCCCC(CC(COC(=O)CCC(OCCCCCCCC)OCCCCCCCC)COC(=O)OC1CCN(C)C1)C(=O)O. The van der Waals surface area contributed by atoms with E-state index in [2.05, 4.69) is 50.0 Å². The molecule has 3 atom stereocenters. The van der Waals surface area contributed by atoms with Crippen molar-refractivity contribution >= 4 is 18.1 Å². The zero-order valence-electron chi connectivity index (χ0n) is 37.6. The largest absolute Gasteiger partial charge is 0.508 e. The van der Waals surface area contributed by atoms with Crippen molar-refractivity contribution < 1.29 is 43.2 Å². The summed E-state index contributed by atoms with van der Waals surface area (Å²) in [4.78, 5) is 40.1. The van der Waals surface area contributed by atoms with Gasteiger partial charge in [0, 0.05) is 38.6 Å². The van der Waals surface area contributed by atoms with Crippen molar-refractivity contribution in [3.05, 3.63) is 24.3 Å². The molecule has 10 heteroatoms. The van der Waals surface area contributed by atoms with Gasteiger partial charge in [-0.2, -0.15) is 0 Å². The summed E-state index contributed by atoms with van der Waals surface area (Å²) in [5.74, 6) is -2.39. The number of unbranched alkanes of at least 4 members (excludes halogenated alkanes) is 17. The minimum Gasteiger partial charge on any atom is -0.481 e. The first-order chi connectivity index (χ1) is 28.3. The van der Waals surface area contributed by atoms with Crippen LogP contribution in [-0.2, 0) is 33.3 Å². The van der Waals surface area contributed by atoms with E-state index in [0.29, 0.717) is 32.6 Å². The Balaban J connectivity index is 2.65. The van der Waals surface area contributed by atoms with Crippen LogP contribution in [0.4, 0.5) is 4.79 Å². The van der Waals surface area contributed by atoms with Gasteiger partial charge in [-0.05, 0) is 71.3 Å². The summed E-state index contributed by atoms with van der Waals surface area (Å²) in [6.07, 6.45) is 34.4. The molecule has 1 aliphatic heterocycles. The fourth-order valence-corrected chi connectivity index (χ4v) is 7.23. The van der Waals surface area contributed by atoms with Gasteiger partial charge in [-0.3, -0.25) is 9.59 Å². The van der Waals surface area contributed by atoms with Crippen LogP contribution >= 0.6 is 0 Å². The molecule has 338 valence electrons. The number of likely N-dealkylation sites (N-methyl/N-ethyl adjacent to an activating group) is 1. The number of likely N-dealkylation sites (tertiary alicyclic amines) is 1. The highest BCUT2D eigenvalue weighted by molar-refractivity contribution is 5.70. The highest BCUT2D eigenvalue weighted by atomic mass is 16.7. The fraction of sp³-hybridized carbons (Fsp3) is 0.854. The Hall–Kier alpha value is -2.43. The summed E-state index contributed by atoms with van der Waals surface area (Å²) in [5.41, 5.74) is 0. The molecular formula is C48H87NO9. The first-order valence-corrected chi connectivity index (χ1v) is 23.7. The average molecular weight is 822 g/mol. The van der Waals surface area contributed by atoms with Crippen molar-refractivity contribution in [3.63, 3.8) is 0 Å². The number of carboxylic acids is 1. The highest BCUT2D eigenvalue weighted by Crippen LogP contribution is 2.22. The van der Waals surface area contributed by atoms with Crippen LogP contribution in [0.25, 0.3) is 0 Å². The van der Waals surface area contributed by atoms with E-state index in [1.165, 1.54) is 70.6 Å². The molecule has 10 nitrogen and oxygen atoms in total. The first-order valence-electron chi connectivity index (χ1n) is 23.7. The Morgan fingerprint density at radius 3 is 1.79 bits per heavy atom. The Kier molecular flexibility index (Phi) is 35.8. The lowest BCUT2D eigenvalue weighted by Gasteiger charge is -2.22. The number of ether oxygens (including phenoxy) is 5. The van der Waals surface area contributed by atoms with E-state index in [-0.39, 0.29) is 32.2 Å². The number of hydrogen-bond donors (Lipinski definition) is 1. The Morgan fingerprint density at radius 2 is 1.21 bits per heavy atom. The van der Waals surface area contributed by atoms with Crippen LogP contribution in [0.2, 0.25) is 0 Å². The first kappa shape index (κ1) is 53.6. The van der Waals surface area contributed by atoms with Crippen molar-refractivity contribution in [2.75, 3.05) is 46.6 Å². The number of carbonyl (C=O) groups excluding carboxylic acids is 2. The van der Waals surface area contributed by atoms with Crippen LogP contribution in [0.3, 0.4) is 0 Å². The topological polar surface area (TPSA) is 121 Å². The van der Waals surface area contributed by atoms with Gasteiger partial charge in [0.2, 0.25) is 0 Å². The molecule has 1 aliphatic rings. The monoisotopic (exact) mass is 822 g/mol. The number of rotatable bonds is 40. The summed E-state index contributed by atoms with van der Waals surface area (Å²) in [6.45, 7) is 9.23. The molecule has 1 saturated heterocycles. The Morgan fingerprint density at radius 1 is 0.672 bits per heavy atom. The summed E-state index contributed by atoms with van der Waals surface area (Å²) in [6, 6.07) is 0. The molecule has 1 N–H and O–H groups in total. The molecule has 3 unspecified atom stereocenters. The maximum absolute atomic E-state index is 13.0. The van der Waals surface area contributed by atoms with E-state index >= 15 is 0 Å². The summed E-state index contributed by atoms with van der Waals surface area (Å²) >= 11 is 0. The number of allylic oxidation sites excluding steroid dienone is 4. The molecule has 0 radical (unpaired) electrons.